The van der Waals surface area contributed by atoms with Crippen molar-refractivity contribution >= 4 is 17.7 Å². The van der Waals surface area contributed by atoms with Gasteiger partial charge >= 0.3 is 6.09 Å². The van der Waals surface area contributed by atoms with Crippen LogP contribution in [0.3, 0.4) is 0 Å². The van der Waals surface area contributed by atoms with Crippen LogP contribution in [0.15, 0.2) is 93.9 Å². The number of azo groups is 1. The molecule has 0 saturated heterocycles. The van der Waals surface area contributed by atoms with Crippen molar-refractivity contribution in [2.24, 2.45) is 15.3 Å². The lowest BCUT2D eigenvalue weighted by atomic mass is 9.97. The molecule has 0 aromatic heterocycles. The van der Waals surface area contributed by atoms with Gasteiger partial charge in [-0.1, -0.05) is 54.6 Å². The van der Waals surface area contributed by atoms with Gasteiger partial charge in [-0.25, -0.2) is 4.79 Å². The zero-order valence-electron chi connectivity index (χ0n) is 18.9. The van der Waals surface area contributed by atoms with Crippen LogP contribution in [0.1, 0.15) is 42.3 Å². The van der Waals surface area contributed by atoms with Crippen LogP contribution in [-0.2, 0) is 17.8 Å². The van der Waals surface area contributed by atoms with Crippen LogP contribution in [0.25, 0.3) is 0 Å². The summed E-state index contributed by atoms with van der Waals surface area (Å²) in [5.41, 5.74) is 4.49. The van der Waals surface area contributed by atoms with Crippen molar-refractivity contribution in [3.63, 3.8) is 0 Å². The maximum Gasteiger partial charge on any atom is 0.407 e. The molecule has 0 radical (unpaired) electrons. The van der Waals surface area contributed by atoms with Gasteiger partial charge in [-0.15, -0.1) is 5.11 Å². The first-order valence-corrected chi connectivity index (χ1v) is 10.5. The Labute approximate surface area is 193 Å². The Kier molecular flexibility index (Phi) is 7.86. The summed E-state index contributed by atoms with van der Waals surface area (Å²) >= 11 is 0. The second kappa shape index (κ2) is 11.0. The fourth-order valence-electron chi connectivity index (χ4n) is 2.96. The van der Waals surface area contributed by atoms with Gasteiger partial charge in [0.15, 0.2) is 5.78 Å². The zero-order chi connectivity index (χ0) is 23.7. The first kappa shape index (κ1) is 23.6. The number of alkyl carbamates (subject to hydrolysis) is 1. The van der Waals surface area contributed by atoms with E-state index in [0.717, 1.165) is 5.56 Å². The number of benzene rings is 2. The van der Waals surface area contributed by atoms with E-state index in [0.29, 0.717) is 17.7 Å². The summed E-state index contributed by atoms with van der Waals surface area (Å²) in [4.78, 5) is 25.5. The molecular formula is C25H27N5O3. The quantitative estimate of drug-likeness (QED) is 0.487. The van der Waals surface area contributed by atoms with E-state index < -0.39 is 11.7 Å². The molecule has 0 fully saturated rings. The number of hydrazone groups is 1. The molecule has 0 aliphatic carbocycles. The molecule has 1 amide bonds. The third kappa shape index (κ3) is 7.24. The SMILES string of the molecule is CC(C)(C)OC(=O)NCc1ccccc1C(=O)C1=CC=CNN=C1N=NCc1ccccc1. The summed E-state index contributed by atoms with van der Waals surface area (Å²) < 4.78 is 5.28. The van der Waals surface area contributed by atoms with Crippen LogP contribution in [0, 0.1) is 0 Å². The lowest BCUT2D eigenvalue weighted by molar-refractivity contribution is 0.0523. The maximum absolute atomic E-state index is 13.4. The van der Waals surface area contributed by atoms with Gasteiger partial charge in [-0.3, -0.25) is 10.2 Å². The van der Waals surface area contributed by atoms with Gasteiger partial charge in [-0.2, -0.15) is 10.2 Å². The number of hydrogen-bond donors (Lipinski definition) is 2. The number of ether oxygens (including phenoxy) is 1. The Bertz CT molecular complexity index is 1110. The van der Waals surface area contributed by atoms with Gasteiger partial charge < -0.3 is 10.1 Å². The number of allylic oxidation sites excluding steroid dienone is 2. The average molecular weight is 446 g/mol. The van der Waals surface area contributed by atoms with Gasteiger partial charge in [0, 0.05) is 18.3 Å². The van der Waals surface area contributed by atoms with Crippen LogP contribution >= 0.6 is 0 Å². The Balaban J connectivity index is 1.77. The molecule has 1 heterocycles. The molecule has 0 unspecified atom stereocenters. The van der Waals surface area contributed by atoms with Crippen molar-refractivity contribution in [3.05, 3.63) is 95.2 Å². The number of Topliss-reactive ketones (excluding diaryl/α,β-unsaturated/α-hetero) is 1. The summed E-state index contributed by atoms with van der Waals surface area (Å²) in [7, 11) is 0. The van der Waals surface area contributed by atoms with Crippen molar-refractivity contribution in [2.45, 2.75) is 39.5 Å². The molecule has 8 nitrogen and oxygen atoms in total. The lowest BCUT2D eigenvalue weighted by Crippen LogP contribution is -2.32. The topological polar surface area (TPSA) is 105 Å². The Morgan fingerprint density at radius 2 is 1.79 bits per heavy atom. The van der Waals surface area contributed by atoms with Crippen LogP contribution in [0.5, 0.6) is 0 Å². The van der Waals surface area contributed by atoms with E-state index >= 15 is 0 Å². The molecule has 8 heteroatoms. The molecular weight excluding hydrogens is 418 g/mol. The smallest absolute Gasteiger partial charge is 0.407 e. The number of amides is 1. The van der Waals surface area contributed by atoms with Crippen molar-refractivity contribution in [1.29, 1.82) is 0 Å². The fourth-order valence-corrected chi connectivity index (χ4v) is 2.96. The molecule has 0 saturated carbocycles. The molecule has 0 spiro atoms. The summed E-state index contributed by atoms with van der Waals surface area (Å²) in [6, 6.07) is 16.7. The monoisotopic (exact) mass is 445 g/mol. The van der Waals surface area contributed by atoms with Crippen LogP contribution in [-0.4, -0.2) is 23.3 Å². The molecule has 0 bridgehead atoms. The lowest BCUT2D eigenvalue weighted by Gasteiger charge is -2.20. The van der Waals surface area contributed by atoms with E-state index in [1.165, 1.54) is 0 Å². The molecule has 2 aromatic carbocycles. The van der Waals surface area contributed by atoms with E-state index in [9.17, 15) is 9.59 Å². The average Bonchev–Trinajstić information content (AvgIpc) is 3.03. The highest BCUT2D eigenvalue weighted by atomic mass is 16.6. The van der Waals surface area contributed by atoms with Gasteiger partial charge in [0.1, 0.15) is 5.60 Å². The van der Waals surface area contributed by atoms with Crippen LogP contribution in [0.2, 0.25) is 0 Å². The minimum atomic E-state index is -0.611. The number of rotatable bonds is 6. The predicted molar refractivity (Wildman–Crippen MR) is 127 cm³/mol. The van der Waals surface area contributed by atoms with Gasteiger partial charge in [0.05, 0.1) is 12.1 Å². The number of nitrogens with one attached hydrogen (secondary N) is 2. The maximum atomic E-state index is 13.4. The van der Waals surface area contributed by atoms with Crippen molar-refractivity contribution in [1.82, 2.24) is 10.7 Å². The summed E-state index contributed by atoms with van der Waals surface area (Å²) in [6.07, 6.45) is 4.37. The molecule has 1 aliphatic heterocycles. The molecule has 2 aromatic rings. The number of carbonyl (C=O) groups is 2. The molecule has 3 rings (SSSR count). The fraction of sp³-hybridized carbons (Fsp3) is 0.240. The van der Waals surface area contributed by atoms with Crippen molar-refractivity contribution < 1.29 is 14.3 Å². The second-order valence-corrected chi connectivity index (χ2v) is 8.23. The molecule has 2 N–H and O–H groups in total. The summed E-state index contributed by atoms with van der Waals surface area (Å²) in [6.45, 7) is 5.87. The number of hydrogen-bond acceptors (Lipinski definition) is 7. The summed E-state index contributed by atoms with van der Waals surface area (Å²) in [5, 5.41) is 15.3. The highest BCUT2D eigenvalue weighted by molar-refractivity contribution is 6.28. The highest BCUT2D eigenvalue weighted by Crippen LogP contribution is 2.18. The third-order valence-electron chi connectivity index (χ3n) is 4.44. The number of amidine groups is 1. The van der Waals surface area contributed by atoms with E-state index in [1.807, 2.05) is 30.3 Å². The normalized spacial score (nSPS) is 13.5. The van der Waals surface area contributed by atoms with E-state index in [2.05, 4.69) is 26.1 Å². The highest BCUT2D eigenvalue weighted by Gasteiger charge is 2.22. The molecule has 0 atom stereocenters. The standard InChI is InChI=1S/C25H27N5O3/c1-25(2,3)33-24(32)26-17-19-12-7-8-13-20(19)22(31)21-14-9-15-27-29-23(21)30-28-16-18-10-5-4-6-11-18/h4-15,27H,16-17H2,1-3H3,(H,26,32). The minimum Gasteiger partial charge on any atom is -0.444 e. The predicted octanol–water partition coefficient (Wildman–Crippen LogP) is 4.90. The van der Waals surface area contributed by atoms with Gasteiger partial charge in [-0.05, 0) is 44.1 Å². The van der Waals surface area contributed by atoms with Gasteiger partial charge in [0.25, 0.3) is 0 Å². The Morgan fingerprint density at radius 3 is 2.55 bits per heavy atom. The molecule has 170 valence electrons. The summed E-state index contributed by atoms with van der Waals surface area (Å²) in [5.74, 6) is -0.0989. The molecule has 33 heavy (non-hydrogen) atoms. The molecule has 1 aliphatic rings. The number of nitrogens with zero attached hydrogens (tertiary/aromatic N) is 3. The van der Waals surface area contributed by atoms with Crippen LogP contribution in [0.4, 0.5) is 4.79 Å². The van der Waals surface area contributed by atoms with Gasteiger partial charge in [0.2, 0.25) is 5.84 Å². The number of carbonyl (C=O) groups excluding carboxylic acids is 2. The first-order chi connectivity index (χ1) is 15.8. The number of ketones is 1. The Hall–Kier alpha value is -4.07. The zero-order valence-corrected chi connectivity index (χ0v) is 18.9. The van der Waals surface area contributed by atoms with Crippen molar-refractivity contribution in [3.8, 4) is 0 Å². The van der Waals surface area contributed by atoms with E-state index in [-0.39, 0.29) is 23.7 Å². The largest absolute Gasteiger partial charge is 0.444 e. The van der Waals surface area contributed by atoms with Crippen LogP contribution < -0.4 is 10.7 Å². The van der Waals surface area contributed by atoms with E-state index in [1.54, 1.807) is 63.4 Å². The minimum absolute atomic E-state index is 0.139. The Morgan fingerprint density at radius 1 is 1.06 bits per heavy atom. The third-order valence-corrected chi connectivity index (χ3v) is 4.44. The second-order valence-electron chi connectivity index (χ2n) is 8.23. The van der Waals surface area contributed by atoms with Crippen molar-refractivity contribution in [2.75, 3.05) is 0 Å². The van der Waals surface area contributed by atoms with E-state index in [4.69, 9.17) is 4.74 Å². The first-order valence-electron chi connectivity index (χ1n) is 10.5.